The molecular weight excluding hydrogens is 510 g/mol. The van der Waals surface area contributed by atoms with Crippen LogP contribution in [0.15, 0.2) is 102 Å². The Labute approximate surface area is 234 Å². The van der Waals surface area contributed by atoms with Gasteiger partial charge in [-0.05, 0) is 37.6 Å². The monoisotopic (exact) mass is 543 g/mol. The average Bonchev–Trinajstić information content (AvgIpc) is 2.98. The number of nitrogens with zero attached hydrogens (tertiary/aromatic N) is 1. The number of ketones is 2. The Kier molecular flexibility index (Phi) is 10.1. The topological polar surface area (TPSA) is 91.4 Å². The molecule has 8 nitrogen and oxygen atoms in total. The fraction of sp³-hybridized carbons (Fsp3) is 0.281. The van der Waals surface area contributed by atoms with E-state index in [2.05, 4.69) is 0 Å². The summed E-state index contributed by atoms with van der Waals surface area (Å²) in [6, 6.07) is 16.5. The highest BCUT2D eigenvalue weighted by Gasteiger charge is 2.26. The lowest BCUT2D eigenvalue weighted by atomic mass is 9.89. The van der Waals surface area contributed by atoms with Crippen molar-refractivity contribution < 1.29 is 33.3 Å². The molecule has 2 aliphatic rings. The van der Waals surface area contributed by atoms with Gasteiger partial charge >= 0.3 is 5.97 Å². The van der Waals surface area contributed by atoms with Gasteiger partial charge in [-0.25, -0.2) is 4.79 Å². The largest absolute Gasteiger partial charge is 0.492 e. The van der Waals surface area contributed by atoms with E-state index in [1.165, 1.54) is 12.3 Å². The number of Topliss-reactive ketones (excluding diaryl/α,β-unsaturated/α-hetero) is 1. The first kappa shape index (κ1) is 28.6. The molecule has 1 aliphatic carbocycles. The van der Waals surface area contributed by atoms with Gasteiger partial charge < -0.3 is 23.8 Å². The van der Waals surface area contributed by atoms with Gasteiger partial charge in [0.15, 0.2) is 23.4 Å². The number of hydrogen-bond donors (Lipinski definition) is 0. The van der Waals surface area contributed by atoms with Crippen molar-refractivity contribution in [1.29, 1.82) is 0 Å². The zero-order chi connectivity index (χ0) is 28.3. The number of rotatable bonds is 13. The van der Waals surface area contributed by atoms with Crippen molar-refractivity contribution >= 4 is 17.5 Å². The second-order valence-corrected chi connectivity index (χ2v) is 9.07. The molecule has 0 amide bonds. The van der Waals surface area contributed by atoms with Gasteiger partial charge in [0.25, 0.3) is 0 Å². The van der Waals surface area contributed by atoms with Crippen LogP contribution in [-0.4, -0.2) is 54.9 Å². The van der Waals surface area contributed by atoms with Crippen LogP contribution in [0, 0.1) is 0 Å². The van der Waals surface area contributed by atoms with E-state index in [4.69, 9.17) is 18.9 Å². The molecule has 1 atom stereocenters. The lowest BCUT2D eigenvalue weighted by Crippen LogP contribution is -2.29. The van der Waals surface area contributed by atoms with Crippen molar-refractivity contribution in [2.75, 3.05) is 26.4 Å². The number of hydrogen-bond acceptors (Lipinski definition) is 8. The Balaban J connectivity index is 1.35. The first-order chi connectivity index (χ1) is 19.5. The number of allylic oxidation sites excluding steroid dienone is 3. The lowest BCUT2D eigenvalue weighted by molar-refractivity contribution is -0.156. The third kappa shape index (κ3) is 7.57. The van der Waals surface area contributed by atoms with E-state index in [0.29, 0.717) is 61.0 Å². The molecule has 0 aromatic heterocycles. The molecule has 1 heterocycles. The molecule has 2 aromatic carbocycles. The molecule has 0 fully saturated rings. The van der Waals surface area contributed by atoms with Crippen molar-refractivity contribution in [3.63, 3.8) is 0 Å². The maximum absolute atomic E-state index is 13.2. The third-order valence-electron chi connectivity index (χ3n) is 6.26. The molecule has 8 heteroatoms. The Morgan fingerprint density at radius 2 is 1.80 bits per heavy atom. The lowest BCUT2D eigenvalue weighted by Gasteiger charge is -2.24. The third-order valence-corrected chi connectivity index (χ3v) is 6.26. The standard InChI is InChI=1S/C32H33NO7/c1-3-37-29(32(36)38-4-2)20-23-10-13-26(14-11-23)39-18-16-33-17-19-40-30(22-33)28-21-25(34)12-15-27(28)31(35)24-8-6-5-7-9-24/h5-11,13-15,17,19,21-22,29H,3-4,12,16,18,20H2,1-2H3. The first-order valence-electron chi connectivity index (χ1n) is 13.3. The first-order valence-corrected chi connectivity index (χ1v) is 13.3. The highest BCUT2D eigenvalue weighted by molar-refractivity contribution is 6.14. The summed E-state index contributed by atoms with van der Waals surface area (Å²) >= 11 is 0. The molecule has 0 saturated carbocycles. The predicted molar refractivity (Wildman–Crippen MR) is 149 cm³/mol. The van der Waals surface area contributed by atoms with Crippen molar-refractivity contribution in [3.05, 3.63) is 113 Å². The Morgan fingerprint density at radius 3 is 2.52 bits per heavy atom. The summed E-state index contributed by atoms with van der Waals surface area (Å²) in [6.07, 6.45) is 8.11. The quantitative estimate of drug-likeness (QED) is 0.260. The molecule has 2 aromatic rings. The molecule has 1 unspecified atom stereocenters. The number of carbonyl (C=O) groups is 3. The molecule has 0 spiro atoms. The summed E-state index contributed by atoms with van der Waals surface area (Å²) in [7, 11) is 0. The van der Waals surface area contributed by atoms with Gasteiger partial charge in [-0.15, -0.1) is 0 Å². The van der Waals surface area contributed by atoms with Crippen LogP contribution in [0.1, 0.15) is 36.2 Å². The summed E-state index contributed by atoms with van der Waals surface area (Å²) in [5.74, 6) is 0.490. The molecule has 4 rings (SSSR count). The zero-order valence-electron chi connectivity index (χ0n) is 22.7. The van der Waals surface area contributed by atoms with E-state index in [1.54, 1.807) is 49.7 Å². The molecule has 40 heavy (non-hydrogen) atoms. The van der Waals surface area contributed by atoms with Crippen LogP contribution in [0.25, 0.3) is 0 Å². The number of benzene rings is 2. The predicted octanol–water partition coefficient (Wildman–Crippen LogP) is 4.93. The van der Waals surface area contributed by atoms with E-state index in [9.17, 15) is 14.4 Å². The van der Waals surface area contributed by atoms with Gasteiger partial charge in [0.2, 0.25) is 0 Å². The second kappa shape index (κ2) is 14.1. The van der Waals surface area contributed by atoms with Gasteiger partial charge in [-0.3, -0.25) is 9.59 Å². The smallest absolute Gasteiger partial charge is 0.335 e. The summed E-state index contributed by atoms with van der Waals surface area (Å²) in [5.41, 5.74) is 2.39. The van der Waals surface area contributed by atoms with E-state index in [0.717, 1.165) is 5.56 Å². The molecule has 208 valence electrons. The maximum atomic E-state index is 13.2. The van der Waals surface area contributed by atoms with E-state index >= 15 is 0 Å². The van der Waals surface area contributed by atoms with E-state index < -0.39 is 6.10 Å². The van der Waals surface area contributed by atoms with Gasteiger partial charge in [0.05, 0.1) is 13.2 Å². The minimum absolute atomic E-state index is 0.0909. The number of carbonyl (C=O) groups excluding carboxylic acids is 3. The molecule has 1 aliphatic heterocycles. The summed E-state index contributed by atoms with van der Waals surface area (Å²) in [6.45, 7) is 5.23. The fourth-order valence-electron chi connectivity index (χ4n) is 4.30. The SMILES string of the molecule is CCOC(=O)C(Cc1ccc(OCCN2C=COC(C3=CC(=O)CC=C3C(=O)c3ccccc3)=C2)cc1)OCC. The summed E-state index contributed by atoms with van der Waals surface area (Å²) in [5, 5.41) is 0. The Bertz CT molecular complexity index is 1320. The van der Waals surface area contributed by atoms with Gasteiger partial charge in [-0.1, -0.05) is 48.5 Å². The highest BCUT2D eigenvalue weighted by atomic mass is 16.6. The zero-order valence-corrected chi connectivity index (χ0v) is 22.7. The Morgan fingerprint density at radius 1 is 1.02 bits per heavy atom. The molecule has 0 saturated heterocycles. The number of esters is 1. The van der Waals surface area contributed by atoms with Crippen molar-refractivity contribution in [2.45, 2.75) is 32.8 Å². The van der Waals surface area contributed by atoms with E-state index in [1.807, 2.05) is 42.2 Å². The minimum atomic E-state index is -0.640. The van der Waals surface area contributed by atoms with Crippen molar-refractivity contribution in [1.82, 2.24) is 4.90 Å². The minimum Gasteiger partial charge on any atom is -0.492 e. The van der Waals surface area contributed by atoms with E-state index in [-0.39, 0.29) is 24.0 Å². The van der Waals surface area contributed by atoms with Crippen molar-refractivity contribution in [3.8, 4) is 5.75 Å². The Hall–Kier alpha value is -4.43. The van der Waals surface area contributed by atoms with Gasteiger partial charge in [0.1, 0.15) is 18.6 Å². The van der Waals surface area contributed by atoms with Crippen LogP contribution in [0.4, 0.5) is 0 Å². The fourth-order valence-corrected chi connectivity index (χ4v) is 4.30. The van der Waals surface area contributed by atoms with Crippen LogP contribution in [-0.2, 0) is 30.2 Å². The highest BCUT2D eigenvalue weighted by Crippen LogP contribution is 2.30. The van der Waals surface area contributed by atoms with Gasteiger partial charge in [-0.2, -0.15) is 0 Å². The second-order valence-electron chi connectivity index (χ2n) is 9.07. The summed E-state index contributed by atoms with van der Waals surface area (Å²) < 4.78 is 22.3. The normalized spacial score (nSPS) is 15.4. The molecule has 0 bridgehead atoms. The molecular formula is C32H33NO7. The summed E-state index contributed by atoms with van der Waals surface area (Å²) in [4.78, 5) is 39.4. The van der Waals surface area contributed by atoms with Gasteiger partial charge in [0, 0.05) is 48.6 Å². The van der Waals surface area contributed by atoms with Crippen molar-refractivity contribution in [2.24, 2.45) is 0 Å². The average molecular weight is 544 g/mol. The maximum Gasteiger partial charge on any atom is 0.335 e. The molecule has 0 N–H and O–H groups in total. The molecule has 0 radical (unpaired) electrons. The number of ether oxygens (including phenoxy) is 4. The van der Waals surface area contributed by atoms with Crippen LogP contribution in [0.2, 0.25) is 0 Å². The van der Waals surface area contributed by atoms with Crippen LogP contribution in [0.5, 0.6) is 5.75 Å². The van der Waals surface area contributed by atoms with Crippen LogP contribution >= 0.6 is 0 Å². The van der Waals surface area contributed by atoms with Crippen LogP contribution in [0.3, 0.4) is 0 Å². The van der Waals surface area contributed by atoms with Crippen LogP contribution < -0.4 is 4.74 Å².